The third kappa shape index (κ3) is 4.92. The maximum atomic E-state index is 13.2. The number of amides is 1. The Morgan fingerprint density at radius 1 is 0.969 bits per heavy atom. The van der Waals surface area contributed by atoms with Crippen LogP contribution in [0.15, 0.2) is 90.0 Å². The van der Waals surface area contributed by atoms with Gasteiger partial charge < -0.3 is 9.47 Å². The van der Waals surface area contributed by atoms with Crippen LogP contribution in [0.5, 0.6) is 11.5 Å². The first-order chi connectivity index (χ1) is 15.6. The third-order valence-electron chi connectivity index (χ3n) is 4.95. The molecule has 4 aromatic carbocycles. The van der Waals surface area contributed by atoms with Crippen molar-refractivity contribution in [3.8, 4) is 11.5 Å². The van der Waals surface area contributed by atoms with Gasteiger partial charge in [-0.15, -0.1) is 0 Å². The predicted octanol–water partition coefficient (Wildman–Crippen LogP) is 5.33. The van der Waals surface area contributed by atoms with E-state index in [2.05, 4.69) is 10.5 Å². The molecule has 4 aromatic rings. The Morgan fingerprint density at radius 2 is 1.72 bits per heavy atom. The quantitative estimate of drug-likeness (QED) is 0.320. The lowest BCUT2D eigenvalue weighted by atomic mass is 10.0. The molecule has 0 aliphatic rings. The van der Waals surface area contributed by atoms with Crippen LogP contribution < -0.4 is 14.9 Å². The van der Waals surface area contributed by atoms with Crippen LogP contribution in [-0.4, -0.2) is 19.2 Å². The highest BCUT2D eigenvalue weighted by atomic mass is 19.1. The summed E-state index contributed by atoms with van der Waals surface area (Å²) < 4.78 is 24.3. The minimum absolute atomic E-state index is 0.275. The Hall–Kier alpha value is -4.19. The molecular formula is C26H21FN2O3. The van der Waals surface area contributed by atoms with E-state index in [9.17, 15) is 9.18 Å². The summed E-state index contributed by atoms with van der Waals surface area (Å²) in [7, 11) is 1.57. The van der Waals surface area contributed by atoms with Crippen molar-refractivity contribution in [2.45, 2.75) is 6.61 Å². The molecule has 1 N–H and O–H groups in total. The maximum Gasteiger partial charge on any atom is 0.271 e. The zero-order chi connectivity index (χ0) is 22.3. The van der Waals surface area contributed by atoms with Gasteiger partial charge in [-0.3, -0.25) is 4.79 Å². The van der Waals surface area contributed by atoms with E-state index in [-0.39, 0.29) is 18.3 Å². The van der Waals surface area contributed by atoms with Gasteiger partial charge in [-0.1, -0.05) is 42.5 Å². The molecule has 4 rings (SSSR count). The van der Waals surface area contributed by atoms with Crippen molar-refractivity contribution in [2.24, 2.45) is 5.10 Å². The number of benzene rings is 4. The van der Waals surface area contributed by atoms with E-state index in [1.165, 1.54) is 12.1 Å². The fourth-order valence-corrected chi connectivity index (χ4v) is 3.24. The largest absolute Gasteiger partial charge is 0.497 e. The van der Waals surface area contributed by atoms with Gasteiger partial charge in [0.1, 0.15) is 23.9 Å². The number of hydrogen-bond donors (Lipinski definition) is 1. The summed E-state index contributed by atoms with van der Waals surface area (Å²) in [4.78, 5) is 12.4. The lowest BCUT2D eigenvalue weighted by molar-refractivity contribution is 0.0955. The molecule has 0 heterocycles. The number of rotatable bonds is 7. The minimum atomic E-state index is -0.335. The number of hydrazone groups is 1. The highest BCUT2D eigenvalue weighted by molar-refractivity contribution is 6.03. The smallest absolute Gasteiger partial charge is 0.271 e. The van der Waals surface area contributed by atoms with Crippen molar-refractivity contribution in [3.63, 3.8) is 0 Å². The van der Waals surface area contributed by atoms with Gasteiger partial charge in [-0.05, 0) is 58.8 Å². The first-order valence-electron chi connectivity index (χ1n) is 10.0. The topological polar surface area (TPSA) is 59.9 Å². The van der Waals surface area contributed by atoms with Crippen molar-refractivity contribution >= 4 is 22.9 Å². The Morgan fingerprint density at radius 3 is 2.47 bits per heavy atom. The molecule has 6 heteroatoms. The molecular weight excluding hydrogens is 407 g/mol. The van der Waals surface area contributed by atoms with Crippen LogP contribution in [-0.2, 0) is 6.61 Å². The fourth-order valence-electron chi connectivity index (χ4n) is 3.24. The fraction of sp³-hybridized carbons (Fsp3) is 0.0769. The summed E-state index contributed by atoms with van der Waals surface area (Å²) in [5, 5.41) is 6.11. The van der Waals surface area contributed by atoms with E-state index >= 15 is 0 Å². The molecule has 0 saturated heterocycles. The van der Waals surface area contributed by atoms with Crippen molar-refractivity contribution in [1.82, 2.24) is 5.43 Å². The van der Waals surface area contributed by atoms with Crippen molar-refractivity contribution < 1.29 is 18.7 Å². The lowest BCUT2D eigenvalue weighted by Crippen LogP contribution is -2.17. The van der Waals surface area contributed by atoms with E-state index in [1.807, 2.05) is 36.4 Å². The molecule has 160 valence electrons. The summed E-state index contributed by atoms with van der Waals surface area (Å²) in [6.07, 6.45) is 1.57. The maximum absolute atomic E-state index is 13.2. The summed E-state index contributed by atoms with van der Waals surface area (Å²) in [5.74, 6) is 0.650. The van der Waals surface area contributed by atoms with Gasteiger partial charge in [0, 0.05) is 11.1 Å². The third-order valence-corrected chi connectivity index (χ3v) is 4.95. The predicted molar refractivity (Wildman–Crippen MR) is 123 cm³/mol. The number of fused-ring (bicyclic) bond motifs is 1. The van der Waals surface area contributed by atoms with Crippen LogP contribution in [0.1, 0.15) is 21.5 Å². The highest BCUT2D eigenvalue weighted by Crippen LogP contribution is 2.27. The average molecular weight is 428 g/mol. The van der Waals surface area contributed by atoms with Gasteiger partial charge in [0.25, 0.3) is 5.91 Å². The molecule has 0 aromatic heterocycles. The van der Waals surface area contributed by atoms with E-state index < -0.39 is 0 Å². The summed E-state index contributed by atoms with van der Waals surface area (Å²) in [6, 6.07) is 24.6. The Labute approximate surface area is 185 Å². The molecule has 0 saturated carbocycles. The highest BCUT2D eigenvalue weighted by Gasteiger charge is 2.09. The van der Waals surface area contributed by atoms with E-state index in [4.69, 9.17) is 9.47 Å². The Bertz CT molecular complexity index is 1250. The molecule has 0 aliphatic heterocycles. The number of halogens is 1. The molecule has 1 amide bonds. The van der Waals surface area contributed by atoms with Gasteiger partial charge in [0.05, 0.1) is 13.3 Å². The number of hydrogen-bond acceptors (Lipinski definition) is 4. The van der Waals surface area contributed by atoms with E-state index in [0.717, 1.165) is 21.9 Å². The Balaban J connectivity index is 1.55. The zero-order valence-electron chi connectivity index (χ0n) is 17.4. The van der Waals surface area contributed by atoms with E-state index in [0.29, 0.717) is 17.1 Å². The van der Waals surface area contributed by atoms with Gasteiger partial charge in [-0.25, -0.2) is 9.82 Å². The van der Waals surface area contributed by atoms with Crippen LogP contribution in [0, 0.1) is 5.82 Å². The number of ether oxygens (including phenoxy) is 2. The summed E-state index contributed by atoms with van der Waals surface area (Å²) in [6.45, 7) is 0.275. The van der Waals surface area contributed by atoms with Gasteiger partial charge in [0.2, 0.25) is 0 Å². The number of carbonyl (C=O) groups is 1. The van der Waals surface area contributed by atoms with Crippen LogP contribution >= 0.6 is 0 Å². The molecule has 5 nitrogen and oxygen atoms in total. The summed E-state index contributed by atoms with van der Waals surface area (Å²) in [5.41, 5.74) is 4.59. The molecule has 0 bridgehead atoms. The van der Waals surface area contributed by atoms with Crippen LogP contribution in [0.4, 0.5) is 4.39 Å². The van der Waals surface area contributed by atoms with E-state index in [1.54, 1.807) is 49.7 Å². The number of carbonyl (C=O) groups excluding carboxylic acids is 1. The zero-order valence-corrected chi connectivity index (χ0v) is 17.4. The average Bonchev–Trinajstić information content (AvgIpc) is 2.84. The molecule has 0 unspecified atom stereocenters. The monoisotopic (exact) mass is 428 g/mol. The van der Waals surface area contributed by atoms with Gasteiger partial charge in [-0.2, -0.15) is 5.10 Å². The van der Waals surface area contributed by atoms with Crippen LogP contribution in [0.2, 0.25) is 0 Å². The van der Waals surface area contributed by atoms with Gasteiger partial charge >= 0.3 is 0 Å². The number of nitrogens with one attached hydrogen (secondary N) is 1. The molecule has 0 aliphatic carbocycles. The second-order valence-corrected chi connectivity index (χ2v) is 7.04. The van der Waals surface area contributed by atoms with Crippen molar-refractivity contribution in [1.29, 1.82) is 0 Å². The SMILES string of the molecule is COc1ccc(C(=O)NN=Cc2c(OCc3ccc(F)cc3)ccc3ccccc23)cc1. The summed E-state index contributed by atoms with van der Waals surface area (Å²) >= 11 is 0. The first-order valence-corrected chi connectivity index (χ1v) is 10.0. The van der Waals surface area contributed by atoms with Crippen molar-refractivity contribution in [3.05, 3.63) is 107 Å². The normalized spacial score (nSPS) is 10.9. The standard InChI is InChI=1S/C26H21FN2O3/c1-31-22-13-8-20(9-14-22)26(30)29-28-16-24-23-5-3-2-4-19(23)10-15-25(24)32-17-18-6-11-21(27)12-7-18/h2-16H,17H2,1H3,(H,29,30). The van der Waals surface area contributed by atoms with Crippen molar-refractivity contribution in [2.75, 3.05) is 7.11 Å². The molecule has 0 fully saturated rings. The molecule has 0 atom stereocenters. The number of nitrogens with zero attached hydrogens (tertiary/aromatic N) is 1. The second kappa shape index (κ2) is 9.75. The lowest BCUT2D eigenvalue weighted by Gasteiger charge is -2.12. The second-order valence-electron chi connectivity index (χ2n) is 7.04. The molecule has 0 radical (unpaired) electrons. The first kappa shape index (κ1) is 21.1. The van der Waals surface area contributed by atoms with Crippen LogP contribution in [0.25, 0.3) is 10.8 Å². The molecule has 32 heavy (non-hydrogen) atoms. The Kier molecular flexibility index (Phi) is 6.41. The van der Waals surface area contributed by atoms with Crippen LogP contribution in [0.3, 0.4) is 0 Å². The van der Waals surface area contributed by atoms with Gasteiger partial charge in [0.15, 0.2) is 0 Å². The number of methoxy groups -OCH3 is 1. The molecule has 0 spiro atoms. The minimum Gasteiger partial charge on any atom is -0.497 e.